The van der Waals surface area contributed by atoms with E-state index in [0.29, 0.717) is 31.9 Å². The highest BCUT2D eigenvalue weighted by Gasteiger charge is 2.35. The van der Waals surface area contributed by atoms with E-state index in [1.807, 2.05) is 47.5 Å². The second-order valence-electron chi connectivity index (χ2n) is 9.44. The molecule has 12 heteroatoms. The summed E-state index contributed by atoms with van der Waals surface area (Å²) in [7, 11) is 0. The third kappa shape index (κ3) is 6.71. The zero-order valence-electron chi connectivity index (χ0n) is 21.6. The van der Waals surface area contributed by atoms with Crippen LogP contribution < -0.4 is 20.4 Å². The van der Waals surface area contributed by atoms with Crippen LogP contribution in [0.2, 0.25) is 0 Å². The van der Waals surface area contributed by atoms with Gasteiger partial charge in [-0.3, -0.25) is 5.43 Å². The van der Waals surface area contributed by atoms with Crippen LogP contribution in [0.25, 0.3) is 0 Å². The number of carbonyl (C=O) groups excluding carboxylic acids is 1. The Balaban J connectivity index is 1.16. The van der Waals surface area contributed by atoms with E-state index < -0.39 is 17.2 Å². The molecule has 1 atom stereocenters. The molecule has 40 heavy (non-hydrogen) atoms. The minimum atomic E-state index is -1.83. The molecule has 0 bridgehead atoms. The van der Waals surface area contributed by atoms with Crippen LogP contribution in [0.5, 0.6) is 5.75 Å². The molecule has 208 valence electrons. The number of aromatic nitrogens is 3. The van der Waals surface area contributed by atoms with E-state index in [2.05, 4.69) is 25.7 Å². The van der Waals surface area contributed by atoms with E-state index in [-0.39, 0.29) is 24.7 Å². The highest BCUT2D eigenvalue weighted by atomic mass is 19.1. The maximum Gasteiger partial charge on any atom is 0.333 e. The zero-order valence-corrected chi connectivity index (χ0v) is 21.6. The van der Waals surface area contributed by atoms with Gasteiger partial charge in [-0.25, -0.2) is 28.3 Å². The number of ether oxygens (including phenoxy) is 1. The molecule has 0 spiro atoms. The number of nitrogens with one attached hydrogen (secondary N) is 2. The first-order valence-corrected chi connectivity index (χ1v) is 12.7. The van der Waals surface area contributed by atoms with E-state index in [9.17, 15) is 18.7 Å². The molecule has 3 N–H and O–H groups in total. The summed E-state index contributed by atoms with van der Waals surface area (Å²) < 4.78 is 35.3. The highest BCUT2D eigenvalue weighted by molar-refractivity contribution is 5.88. The van der Waals surface area contributed by atoms with Gasteiger partial charge in [-0.2, -0.15) is 5.10 Å². The summed E-state index contributed by atoms with van der Waals surface area (Å²) in [6.45, 7) is 2.23. The minimum Gasteiger partial charge on any atom is -0.490 e. The van der Waals surface area contributed by atoms with Crippen LogP contribution in [0.3, 0.4) is 0 Å². The summed E-state index contributed by atoms with van der Waals surface area (Å²) in [6, 6.07) is 19.3. The Morgan fingerprint density at radius 3 is 2.42 bits per heavy atom. The number of rotatable bonds is 9. The molecule has 1 aromatic heterocycles. The Morgan fingerprint density at radius 1 is 1.00 bits per heavy atom. The van der Waals surface area contributed by atoms with Crippen molar-refractivity contribution in [3.8, 4) is 5.75 Å². The molecule has 2 heterocycles. The van der Waals surface area contributed by atoms with Gasteiger partial charge >= 0.3 is 6.03 Å². The molecule has 0 saturated carbocycles. The maximum absolute atomic E-state index is 14.6. The van der Waals surface area contributed by atoms with Gasteiger partial charge in [-0.15, -0.1) is 0 Å². The van der Waals surface area contributed by atoms with Gasteiger partial charge in [0.2, 0.25) is 0 Å². The standard InChI is InChI=1S/C28H29F2N7O3/c29-21-6-11-25(26(30)16-21)28(39,17-37-20-31-19-32-37)18-40-24-9-7-23(8-10-24)35-12-14-36(15-13-35)34-27(38)33-22-4-2-1-3-5-22/h1-11,16,19-20,39H,12-15,17-18H2,(H2,33,34,38). The number of benzene rings is 3. The average Bonchev–Trinajstić information content (AvgIpc) is 3.46. The lowest BCUT2D eigenvalue weighted by atomic mass is 9.94. The molecule has 0 radical (unpaired) electrons. The Bertz CT molecular complexity index is 1400. The number of anilines is 2. The predicted octanol–water partition coefficient (Wildman–Crippen LogP) is 3.38. The van der Waals surface area contributed by atoms with Gasteiger partial charge in [0.15, 0.2) is 0 Å². The molecule has 1 unspecified atom stereocenters. The monoisotopic (exact) mass is 549 g/mol. The number of hydrazine groups is 1. The number of nitrogens with zero attached hydrogens (tertiary/aromatic N) is 5. The first-order valence-electron chi connectivity index (χ1n) is 12.7. The highest BCUT2D eigenvalue weighted by Crippen LogP contribution is 2.29. The van der Waals surface area contributed by atoms with Gasteiger partial charge in [0, 0.05) is 49.2 Å². The van der Waals surface area contributed by atoms with Crippen molar-refractivity contribution in [2.24, 2.45) is 0 Å². The maximum atomic E-state index is 14.6. The number of carbonyl (C=O) groups is 1. The molecule has 1 aliphatic rings. The van der Waals surface area contributed by atoms with Gasteiger partial charge in [-0.1, -0.05) is 24.3 Å². The van der Waals surface area contributed by atoms with Crippen molar-refractivity contribution in [2.75, 3.05) is 43.0 Å². The topological polar surface area (TPSA) is 108 Å². The molecule has 0 aliphatic carbocycles. The summed E-state index contributed by atoms with van der Waals surface area (Å²) in [5.41, 5.74) is 2.63. The van der Waals surface area contributed by atoms with Crippen LogP contribution in [0.15, 0.2) is 85.5 Å². The van der Waals surface area contributed by atoms with E-state index in [1.165, 1.54) is 23.4 Å². The molecule has 10 nitrogen and oxygen atoms in total. The van der Waals surface area contributed by atoms with E-state index in [1.54, 1.807) is 12.1 Å². The summed E-state index contributed by atoms with van der Waals surface area (Å²) in [6.07, 6.45) is 2.70. The Hall–Kier alpha value is -4.55. The van der Waals surface area contributed by atoms with Gasteiger partial charge < -0.3 is 20.1 Å². The number of hydrogen-bond donors (Lipinski definition) is 3. The predicted molar refractivity (Wildman–Crippen MR) is 145 cm³/mol. The van der Waals surface area contributed by atoms with E-state index >= 15 is 0 Å². The minimum absolute atomic E-state index is 0.107. The van der Waals surface area contributed by atoms with Gasteiger partial charge in [0.1, 0.15) is 42.2 Å². The van der Waals surface area contributed by atoms with Gasteiger partial charge in [0.05, 0.1) is 6.54 Å². The SMILES string of the molecule is O=C(Nc1ccccc1)NN1CCN(c2ccc(OCC(O)(Cn3cncn3)c3ccc(F)cc3F)cc2)CC1. The molecule has 1 aliphatic heterocycles. The summed E-state index contributed by atoms with van der Waals surface area (Å²) >= 11 is 0. The van der Waals surface area contributed by atoms with Gasteiger partial charge in [-0.05, 0) is 42.5 Å². The first kappa shape index (κ1) is 27.0. The largest absolute Gasteiger partial charge is 0.490 e. The smallest absolute Gasteiger partial charge is 0.333 e. The third-order valence-electron chi connectivity index (χ3n) is 6.57. The lowest BCUT2D eigenvalue weighted by molar-refractivity contribution is -0.0297. The zero-order chi connectivity index (χ0) is 28.0. The van der Waals surface area contributed by atoms with Crippen LogP contribution in [0.1, 0.15) is 5.56 Å². The number of hydrogen-bond acceptors (Lipinski definition) is 7. The first-order chi connectivity index (χ1) is 19.4. The van der Waals surface area contributed by atoms with E-state index in [4.69, 9.17) is 4.74 Å². The van der Waals surface area contributed by atoms with Crippen molar-refractivity contribution in [3.63, 3.8) is 0 Å². The van der Waals surface area contributed by atoms with Crippen LogP contribution >= 0.6 is 0 Å². The molecule has 4 aromatic rings. The number of aliphatic hydroxyl groups is 1. The van der Waals surface area contributed by atoms with E-state index in [0.717, 1.165) is 23.5 Å². The molecule has 2 amide bonds. The Labute approximate surface area is 229 Å². The fraction of sp³-hybridized carbons (Fsp3) is 0.250. The molecule has 5 rings (SSSR count). The van der Waals surface area contributed by atoms with Crippen molar-refractivity contribution < 1.29 is 23.4 Å². The van der Waals surface area contributed by atoms with Crippen molar-refractivity contribution in [3.05, 3.63) is 103 Å². The fourth-order valence-corrected chi connectivity index (χ4v) is 4.51. The normalized spacial score (nSPS) is 15.3. The number of para-hydroxylation sites is 1. The molecular formula is C28H29F2N7O3. The number of amides is 2. The summed E-state index contributed by atoms with van der Waals surface area (Å²) in [5, 5.41) is 20.1. The molecule has 1 fully saturated rings. The van der Waals surface area contributed by atoms with Crippen molar-refractivity contribution in [1.82, 2.24) is 25.2 Å². The number of urea groups is 1. The fourth-order valence-electron chi connectivity index (χ4n) is 4.51. The second kappa shape index (κ2) is 12.1. The molecule has 1 saturated heterocycles. The Morgan fingerprint density at radius 2 is 1.75 bits per heavy atom. The lowest BCUT2D eigenvalue weighted by Crippen LogP contribution is -2.54. The average molecular weight is 550 g/mol. The van der Waals surface area contributed by atoms with Crippen LogP contribution in [0.4, 0.5) is 25.0 Å². The third-order valence-corrected chi connectivity index (χ3v) is 6.57. The molecular weight excluding hydrogens is 520 g/mol. The second-order valence-corrected chi connectivity index (χ2v) is 9.44. The summed E-state index contributed by atoms with van der Waals surface area (Å²) in [4.78, 5) is 18.3. The lowest BCUT2D eigenvalue weighted by Gasteiger charge is -2.36. The Kier molecular flexibility index (Phi) is 8.18. The van der Waals surface area contributed by atoms with Crippen LogP contribution in [0, 0.1) is 11.6 Å². The van der Waals surface area contributed by atoms with Crippen LogP contribution in [-0.4, -0.2) is 63.7 Å². The summed E-state index contributed by atoms with van der Waals surface area (Å²) in [5.74, 6) is -1.15. The molecule has 3 aromatic carbocycles. The van der Waals surface area contributed by atoms with Crippen molar-refractivity contribution >= 4 is 17.4 Å². The van der Waals surface area contributed by atoms with Gasteiger partial charge in [0.25, 0.3) is 0 Å². The van der Waals surface area contributed by atoms with Crippen molar-refractivity contribution in [2.45, 2.75) is 12.1 Å². The number of halogens is 2. The number of piperazine rings is 1. The quantitative estimate of drug-likeness (QED) is 0.294. The van der Waals surface area contributed by atoms with Crippen molar-refractivity contribution in [1.29, 1.82) is 0 Å². The van der Waals surface area contributed by atoms with Crippen LogP contribution in [-0.2, 0) is 12.1 Å².